The molecule has 0 atom stereocenters. The molecule has 0 spiro atoms. The third kappa shape index (κ3) is 3.27. The molecule has 0 aliphatic heterocycles. The minimum atomic E-state index is -0.533. The van der Waals surface area contributed by atoms with Crippen molar-refractivity contribution >= 4 is 33.2 Å². The lowest BCUT2D eigenvalue weighted by atomic mass is 10.2. The summed E-state index contributed by atoms with van der Waals surface area (Å²) in [4.78, 5) is 10.5. The second-order valence-corrected chi connectivity index (χ2v) is 5.23. The Kier molecular flexibility index (Phi) is 4.59. The molecule has 7 heteroatoms. The normalized spacial score (nSPS) is 10.3. The van der Waals surface area contributed by atoms with E-state index in [0.717, 1.165) is 0 Å². The van der Waals surface area contributed by atoms with Gasteiger partial charge in [-0.2, -0.15) is 0 Å². The zero-order valence-electron chi connectivity index (χ0n) is 10.0. The predicted molar refractivity (Wildman–Crippen MR) is 78.2 cm³/mol. The van der Waals surface area contributed by atoms with Crippen LogP contribution in [-0.4, -0.2) is 10.0 Å². The second-order valence-electron chi connectivity index (χ2n) is 3.88. The molecule has 0 aliphatic rings. The van der Waals surface area contributed by atoms with Crippen LogP contribution in [0, 0.1) is 10.1 Å². The van der Waals surface area contributed by atoms with Gasteiger partial charge in [-0.3, -0.25) is 10.1 Å². The van der Waals surface area contributed by atoms with E-state index in [1.807, 2.05) is 0 Å². The van der Waals surface area contributed by atoms with Crippen LogP contribution in [0.2, 0.25) is 5.02 Å². The minimum absolute atomic E-state index is 0.0928. The lowest BCUT2D eigenvalue weighted by Gasteiger charge is -2.10. The van der Waals surface area contributed by atoms with E-state index in [2.05, 4.69) is 15.9 Å². The molecule has 1 N–H and O–H groups in total. The summed E-state index contributed by atoms with van der Waals surface area (Å²) in [7, 11) is 0. The molecular formula is C13H9BrClNO4. The molecule has 0 heterocycles. The van der Waals surface area contributed by atoms with Crippen molar-refractivity contribution in [2.24, 2.45) is 0 Å². The van der Waals surface area contributed by atoms with Gasteiger partial charge in [0.2, 0.25) is 5.75 Å². The Morgan fingerprint density at radius 3 is 2.60 bits per heavy atom. The number of benzene rings is 2. The van der Waals surface area contributed by atoms with Gasteiger partial charge in [-0.05, 0) is 30.3 Å². The van der Waals surface area contributed by atoms with Crippen molar-refractivity contribution in [3.05, 3.63) is 61.6 Å². The van der Waals surface area contributed by atoms with Gasteiger partial charge < -0.3 is 9.84 Å². The van der Waals surface area contributed by atoms with E-state index in [9.17, 15) is 15.2 Å². The number of hydrogen-bond acceptors (Lipinski definition) is 4. The molecule has 0 amide bonds. The van der Waals surface area contributed by atoms with Crippen molar-refractivity contribution in [2.45, 2.75) is 6.61 Å². The largest absolute Gasteiger partial charge is 0.450 e. The summed E-state index contributed by atoms with van der Waals surface area (Å²) in [5.41, 5.74) is 0.285. The van der Waals surface area contributed by atoms with Gasteiger partial charge in [-0.15, -0.1) is 0 Å². The van der Waals surface area contributed by atoms with Crippen LogP contribution in [0.4, 0.5) is 5.69 Å². The Bertz CT molecular complexity index is 663. The Hall–Kier alpha value is -1.63. The van der Waals surface area contributed by atoms with Crippen LogP contribution in [0.1, 0.15) is 5.56 Å². The van der Waals surface area contributed by atoms with Crippen LogP contribution in [-0.2, 0) is 6.61 Å². The highest BCUT2D eigenvalue weighted by Crippen LogP contribution is 2.35. The topological polar surface area (TPSA) is 72.6 Å². The Morgan fingerprint density at radius 1 is 1.25 bits per heavy atom. The zero-order chi connectivity index (χ0) is 14.7. The molecule has 0 saturated carbocycles. The summed E-state index contributed by atoms with van der Waals surface area (Å²) in [6.45, 7) is -0.278. The highest BCUT2D eigenvalue weighted by molar-refractivity contribution is 9.10. The maximum Gasteiger partial charge on any atom is 0.312 e. The SMILES string of the molecule is O=[N+]([O-])c1cc(Br)ccc1Oc1ccc(Cl)cc1CO. The fraction of sp³-hybridized carbons (Fsp3) is 0.0769. The van der Waals surface area contributed by atoms with Crippen molar-refractivity contribution in [2.75, 3.05) is 0 Å². The first-order valence-electron chi connectivity index (χ1n) is 5.52. The first-order chi connectivity index (χ1) is 9.51. The van der Waals surface area contributed by atoms with Gasteiger partial charge in [0.15, 0.2) is 0 Å². The smallest absolute Gasteiger partial charge is 0.312 e. The van der Waals surface area contributed by atoms with Crippen LogP contribution in [0.5, 0.6) is 11.5 Å². The molecule has 0 fully saturated rings. The average molecular weight is 359 g/mol. The average Bonchev–Trinajstić information content (AvgIpc) is 2.42. The van der Waals surface area contributed by atoms with Gasteiger partial charge in [-0.1, -0.05) is 27.5 Å². The van der Waals surface area contributed by atoms with Gasteiger partial charge >= 0.3 is 5.69 Å². The van der Waals surface area contributed by atoms with E-state index < -0.39 is 4.92 Å². The fourth-order valence-electron chi connectivity index (χ4n) is 1.61. The lowest BCUT2D eigenvalue weighted by molar-refractivity contribution is -0.385. The number of nitro benzene ring substituents is 1. The molecule has 5 nitrogen and oxygen atoms in total. The van der Waals surface area contributed by atoms with Crippen molar-refractivity contribution in [3.8, 4) is 11.5 Å². The quantitative estimate of drug-likeness (QED) is 0.653. The van der Waals surface area contributed by atoms with Gasteiger partial charge in [-0.25, -0.2) is 0 Å². The van der Waals surface area contributed by atoms with E-state index in [0.29, 0.717) is 20.8 Å². The molecule has 2 aromatic carbocycles. The van der Waals surface area contributed by atoms with E-state index >= 15 is 0 Å². The maximum absolute atomic E-state index is 11.0. The molecule has 0 aliphatic carbocycles. The molecule has 0 radical (unpaired) electrons. The zero-order valence-corrected chi connectivity index (χ0v) is 12.4. The van der Waals surface area contributed by atoms with Crippen molar-refractivity contribution < 1.29 is 14.8 Å². The first-order valence-corrected chi connectivity index (χ1v) is 6.69. The van der Waals surface area contributed by atoms with Gasteiger partial charge in [0.1, 0.15) is 5.75 Å². The number of aliphatic hydroxyl groups excluding tert-OH is 1. The number of halogens is 2. The van der Waals surface area contributed by atoms with Crippen LogP contribution in [0.15, 0.2) is 40.9 Å². The van der Waals surface area contributed by atoms with E-state index in [1.165, 1.54) is 12.1 Å². The molecular weight excluding hydrogens is 350 g/mol. The summed E-state index contributed by atoms with van der Waals surface area (Å²) in [6, 6.07) is 9.15. The van der Waals surface area contributed by atoms with Crippen LogP contribution >= 0.6 is 27.5 Å². The Balaban J connectivity index is 2.42. The molecule has 2 rings (SSSR count). The molecule has 20 heavy (non-hydrogen) atoms. The second kappa shape index (κ2) is 6.21. The highest BCUT2D eigenvalue weighted by atomic mass is 79.9. The summed E-state index contributed by atoms with van der Waals surface area (Å²) in [5.74, 6) is 0.414. The summed E-state index contributed by atoms with van der Waals surface area (Å²) in [6.07, 6.45) is 0. The third-order valence-electron chi connectivity index (χ3n) is 2.53. The lowest BCUT2D eigenvalue weighted by Crippen LogP contribution is -1.96. The van der Waals surface area contributed by atoms with Gasteiger partial charge in [0.05, 0.1) is 11.5 Å². The van der Waals surface area contributed by atoms with Crippen LogP contribution in [0.25, 0.3) is 0 Å². The van der Waals surface area contributed by atoms with Crippen LogP contribution < -0.4 is 4.74 Å². The molecule has 0 bridgehead atoms. The number of rotatable bonds is 4. The molecule has 0 aromatic heterocycles. The summed E-state index contributed by atoms with van der Waals surface area (Å²) < 4.78 is 6.10. The monoisotopic (exact) mass is 357 g/mol. The maximum atomic E-state index is 11.0. The van der Waals surface area contributed by atoms with Gasteiger partial charge in [0, 0.05) is 21.1 Å². The highest BCUT2D eigenvalue weighted by Gasteiger charge is 2.17. The standard InChI is InChI=1S/C13H9BrClNO4/c14-9-1-3-13(11(6-9)16(18)19)20-12-4-2-10(15)5-8(12)7-17/h1-6,17H,7H2. The van der Waals surface area contributed by atoms with E-state index in [1.54, 1.807) is 24.3 Å². The predicted octanol–water partition coefficient (Wildman–Crippen LogP) is 4.30. The minimum Gasteiger partial charge on any atom is -0.450 e. The number of hydrogen-bond donors (Lipinski definition) is 1. The Labute approximate surface area is 128 Å². The van der Waals surface area contributed by atoms with E-state index in [4.69, 9.17) is 16.3 Å². The Morgan fingerprint density at radius 2 is 1.95 bits per heavy atom. The van der Waals surface area contributed by atoms with Crippen LogP contribution in [0.3, 0.4) is 0 Å². The summed E-state index contributed by atoms with van der Waals surface area (Å²) in [5, 5.41) is 20.7. The first kappa shape index (κ1) is 14.8. The van der Waals surface area contributed by atoms with E-state index in [-0.39, 0.29) is 18.0 Å². The third-order valence-corrected chi connectivity index (χ3v) is 3.26. The number of nitrogens with zero attached hydrogens (tertiary/aromatic N) is 1. The number of nitro groups is 1. The molecule has 104 valence electrons. The van der Waals surface area contributed by atoms with Crippen molar-refractivity contribution in [3.63, 3.8) is 0 Å². The molecule has 0 saturated heterocycles. The van der Waals surface area contributed by atoms with Gasteiger partial charge in [0.25, 0.3) is 0 Å². The fourth-order valence-corrected chi connectivity index (χ4v) is 2.15. The van der Waals surface area contributed by atoms with Crippen molar-refractivity contribution in [1.29, 1.82) is 0 Å². The number of aliphatic hydroxyl groups is 1. The molecule has 0 unspecified atom stereocenters. The molecule has 2 aromatic rings. The summed E-state index contributed by atoms with van der Waals surface area (Å²) >= 11 is 8.99. The van der Waals surface area contributed by atoms with Crippen molar-refractivity contribution in [1.82, 2.24) is 0 Å². The number of ether oxygens (including phenoxy) is 1.